The van der Waals surface area contributed by atoms with Gasteiger partial charge in [0.2, 0.25) is 0 Å². The molecule has 130 valence electrons. The van der Waals surface area contributed by atoms with E-state index in [1.54, 1.807) is 6.07 Å². The first-order chi connectivity index (χ1) is 12.1. The zero-order valence-electron chi connectivity index (χ0n) is 14.4. The molecule has 1 fully saturated rings. The van der Waals surface area contributed by atoms with Crippen LogP contribution in [0.25, 0.3) is 0 Å². The Kier molecular flexibility index (Phi) is 5.66. The van der Waals surface area contributed by atoms with Gasteiger partial charge in [0, 0.05) is 18.7 Å². The van der Waals surface area contributed by atoms with E-state index in [0.29, 0.717) is 10.7 Å². The van der Waals surface area contributed by atoms with E-state index in [1.165, 1.54) is 19.3 Å². The molecule has 1 aliphatic heterocycles. The number of para-hydroxylation sites is 2. The number of carbonyl (C=O) groups is 1. The highest BCUT2D eigenvalue weighted by Gasteiger charge is 2.15. The Morgan fingerprint density at radius 2 is 1.80 bits per heavy atom. The topological polar surface area (TPSA) is 44.4 Å². The minimum Gasteiger partial charge on any atom is -0.370 e. The normalized spacial score (nSPS) is 14.0. The van der Waals surface area contributed by atoms with E-state index >= 15 is 0 Å². The van der Waals surface area contributed by atoms with E-state index in [0.717, 1.165) is 30.0 Å². The van der Waals surface area contributed by atoms with Crippen LogP contribution < -0.4 is 15.5 Å². The third-order valence-electron chi connectivity index (χ3n) is 4.36. The van der Waals surface area contributed by atoms with Crippen molar-refractivity contribution in [3.63, 3.8) is 0 Å². The van der Waals surface area contributed by atoms with Crippen LogP contribution in [0.1, 0.15) is 35.2 Å². The lowest BCUT2D eigenvalue weighted by Gasteiger charge is -2.30. The fourth-order valence-electron chi connectivity index (χ4n) is 3.11. The maximum Gasteiger partial charge on any atom is 0.257 e. The zero-order valence-corrected chi connectivity index (χ0v) is 15.2. The van der Waals surface area contributed by atoms with Crippen molar-refractivity contribution in [1.29, 1.82) is 0 Å². The first kappa shape index (κ1) is 17.4. The smallest absolute Gasteiger partial charge is 0.257 e. The van der Waals surface area contributed by atoms with Crippen molar-refractivity contribution in [2.45, 2.75) is 26.2 Å². The number of nitrogens with one attached hydrogen (secondary N) is 2. The number of piperidine rings is 1. The number of aryl methyl sites for hydroxylation is 1. The Hall–Kier alpha value is -2.40. The molecule has 25 heavy (non-hydrogen) atoms. The van der Waals surface area contributed by atoms with Crippen molar-refractivity contribution < 1.29 is 4.79 Å². The standard InChI is InChI=1S/C20H23N3OS/c1-15-8-7-9-16(14-15)19(24)22-20(25)21-17-10-3-4-11-18(17)23-12-5-2-6-13-23/h3-4,7-11,14H,2,5-6,12-13H2,1H3,(H2,21,22,24,25). The zero-order chi connectivity index (χ0) is 17.6. The number of rotatable bonds is 3. The van der Waals surface area contributed by atoms with E-state index in [1.807, 2.05) is 43.3 Å². The van der Waals surface area contributed by atoms with Crippen LogP contribution in [0.4, 0.5) is 11.4 Å². The number of hydrogen-bond acceptors (Lipinski definition) is 3. The molecule has 0 spiro atoms. The van der Waals surface area contributed by atoms with Gasteiger partial charge >= 0.3 is 0 Å². The first-order valence-electron chi connectivity index (χ1n) is 8.66. The molecule has 0 atom stereocenters. The molecular formula is C20H23N3OS. The third-order valence-corrected chi connectivity index (χ3v) is 4.56. The molecule has 5 heteroatoms. The van der Waals surface area contributed by atoms with Crippen molar-refractivity contribution in [3.05, 3.63) is 59.7 Å². The van der Waals surface area contributed by atoms with Gasteiger partial charge in [-0.15, -0.1) is 0 Å². The van der Waals surface area contributed by atoms with Gasteiger partial charge in [-0.3, -0.25) is 10.1 Å². The molecule has 0 saturated carbocycles. The minimum absolute atomic E-state index is 0.198. The molecule has 0 bridgehead atoms. The summed E-state index contributed by atoms with van der Waals surface area (Å²) < 4.78 is 0. The summed E-state index contributed by atoms with van der Waals surface area (Å²) in [5, 5.41) is 6.26. The molecule has 2 aromatic carbocycles. The van der Waals surface area contributed by atoms with Crippen LogP contribution in [-0.2, 0) is 0 Å². The average molecular weight is 353 g/mol. The number of benzene rings is 2. The van der Waals surface area contributed by atoms with Gasteiger partial charge in [0.05, 0.1) is 11.4 Å². The summed E-state index contributed by atoms with van der Waals surface area (Å²) in [4.78, 5) is 14.7. The molecule has 0 aliphatic carbocycles. The number of nitrogens with zero attached hydrogens (tertiary/aromatic N) is 1. The molecule has 2 N–H and O–H groups in total. The van der Waals surface area contributed by atoms with Gasteiger partial charge in [0.15, 0.2) is 5.11 Å². The monoisotopic (exact) mass is 353 g/mol. The molecule has 3 rings (SSSR count). The molecule has 1 heterocycles. The minimum atomic E-state index is -0.198. The fraction of sp³-hybridized carbons (Fsp3) is 0.300. The summed E-state index contributed by atoms with van der Waals surface area (Å²) in [5.74, 6) is -0.198. The maximum atomic E-state index is 12.3. The second-order valence-corrected chi connectivity index (χ2v) is 6.75. The lowest BCUT2D eigenvalue weighted by Crippen LogP contribution is -2.35. The van der Waals surface area contributed by atoms with Crippen LogP contribution in [0.3, 0.4) is 0 Å². The number of carbonyl (C=O) groups excluding carboxylic acids is 1. The molecule has 0 unspecified atom stereocenters. The summed E-state index contributed by atoms with van der Waals surface area (Å²) in [6.45, 7) is 4.07. The van der Waals surface area contributed by atoms with Crippen molar-refractivity contribution >= 4 is 34.6 Å². The van der Waals surface area contributed by atoms with Crippen molar-refractivity contribution in [2.24, 2.45) is 0 Å². The van der Waals surface area contributed by atoms with Gasteiger partial charge in [-0.1, -0.05) is 29.8 Å². The van der Waals surface area contributed by atoms with Crippen molar-refractivity contribution in [2.75, 3.05) is 23.3 Å². The lowest BCUT2D eigenvalue weighted by molar-refractivity contribution is 0.0977. The quantitative estimate of drug-likeness (QED) is 0.815. The molecule has 1 aliphatic rings. The van der Waals surface area contributed by atoms with Gasteiger partial charge in [-0.05, 0) is 62.7 Å². The summed E-state index contributed by atoms with van der Waals surface area (Å²) in [6.07, 6.45) is 3.71. The number of hydrogen-bond donors (Lipinski definition) is 2. The predicted molar refractivity (Wildman–Crippen MR) is 107 cm³/mol. The van der Waals surface area contributed by atoms with Crippen LogP contribution in [0.15, 0.2) is 48.5 Å². The van der Waals surface area contributed by atoms with Crippen LogP contribution in [0.5, 0.6) is 0 Å². The van der Waals surface area contributed by atoms with Crippen LogP contribution >= 0.6 is 12.2 Å². The van der Waals surface area contributed by atoms with Gasteiger partial charge in [-0.25, -0.2) is 0 Å². The Bertz CT molecular complexity index is 769. The molecule has 2 aromatic rings. The Morgan fingerprint density at radius 3 is 2.56 bits per heavy atom. The highest BCUT2D eigenvalue weighted by molar-refractivity contribution is 7.80. The second-order valence-electron chi connectivity index (χ2n) is 6.34. The van der Waals surface area contributed by atoms with Crippen LogP contribution in [0, 0.1) is 6.92 Å². The average Bonchev–Trinajstić information content (AvgIpc) is 2.63. The van der Waals surface area contributed by atoms with E-state index in [-0.39, 0.29) is 5.91 Å². The Balaban J connectivity index is 1.68. The Labute approximate surface area is 154 Å². The third kappa shape index (κ3) is 4.57. The largest absolute Gasteiger partial charge is 0.370 e. The second kappa shape index (κ2) is 8.12. The van der Waals surface area contributed by atoms with Crippen molar-refractivity contribution in [3.8, 4) is 0 Å². The summed E-state index contributed by atoms with van der Waals surface area (Å²) in [5.41, 5.74) is 3.71. The maximum absolute atomic E-state index is 12.3. The van der Waals surface area contributed by atoms with Crippen LogP contribution in [-0.4, -0.2) is 24.1 Å². The van der Waals surface area contributed by atoms with Gasteiger partial charge in [0.1, 0.15) is 0 Å². The number of thiocarbonyl (C=S) groups is 1. The molecule has 0 aromatic heterocycles. The SMILES string of the molecule is Cc1cccc(C(=O)NC(=S)Nc2ccccc2N2CCCCC2)c1. The summed E-state index contributed by atoms with van der Waals surface area (Å²) in [7, 11) is 0. The summed E-state index contributed by atoms with van der Waals surface area (Å²) >= 11 is 5.34. The van der Waals surface area contributed by atoms with Gasteiger partial charge in [-0.2, -0.15) is 0 Å². The highest BCUT2D eigenvalue weighted by Crippen LogP contribution is 2.28. The summed E-state index contributed by atoms with van der Waals surface area (Å²) in [6, 6.07) is 15.6. The van der Waals surface area contributed by atoms with E-state index < -0.39 is 0 Å². The highest BCUT2D eigenvalue weighted by atomic mass is 32.1. The van der Waals surface area contributed by atoms with Gasteiger partial charge < -0.3 is 10.2 Å². The van der Waals surface area contributed by atoms with Gasteiger partial charge in [0.25, 0.3) is 5.91 Å². The fourth-order valence-corrected chi connectivity index (χ4v) is 3.31. The number of amides is 1. The number of anilines is 2. The predicted octanol–water partition coefficient (Wildman–Crippen LogP) is 4.11. The van der Waals surface area contributed by atoms with E-state index in [2.05, 4.69) is 21.6 Å². The first-order valence-corrected chi connectivity index (χ1v) is 9.07. The van der Waals surface area contributed by atoms with Crippen molar-refractivity contribution in [1.82, 2.24) is 5.32 Å². The van der Waals surface area contributed by atoms with E-state index in [4.69, 9.17) is 12.2 Å². The van der Waals surface area contributed by atoms with E-state index in [9.17, 15) is 4.79 Å². The lowest BCUT2D eigenvalue weighted by atomic mass is 10.1. The molecular weight excluding hydrogens is 330 g/mol. The molecule has 0 radical (unpaired) electrons. The van der Waals surface area contributed by atoms with Crippen LogP contribution in [0.2, 0.25) is 0 Å². The molecule has 1 amide bonds. The molecule has 4 nitrogen and oxygen atoms in total. The Morgan fingerprint density at radius 1 is 1.04 bits per heavy atom. The molecule has 1 saturated heterocycles.